The van der Waals surface area contributed by atoms with E-state index in [1.165, 1.54) is 18.3 Å². The molecule has 0 radical (unpaired) electrons. The van der Waals surface area contributed by atoms with E-state index in [-0.39, 0.29) is 22.2 Å². The van der Waals surface area contributed by atoms with Crippen LogP contribution in [0.2, 0.25) is 5.15 Å². The van der Waals surface area contributed by atoms with Gasteiger partial charge in [0, 0.05) is 25.5 Å². The van der Waals surface area contributed by atoms with Crippen molar-refractivity contribution in [2.75, 3.05) is 20.0 Å². The Hall–Kier alpha value is -1.90. The number of halogens is 1. The smallest absolute Gasteiger partial charge is 0.224 e. The second-order valence-electron chi connectivity index (χ2n) is 5.05. The number of ether oxygens (including phenoxy) is 3. The van der Waals surface area contributed by atoms with E-state index >= 15 is 0 Å². The molecule has 2 aromatic rings. The predicted octanol–water partition coefficient (Wildman–Crippen LogP) is 2.74. The number of hydrogen-bond acceptors (Lipinski definition) is 7. The van der Waals surface area contributed by atoms with E-state index in [0.717, 1.165) is 6.26 Å². The van der Waals surface area contributed by atoms with Gasteiger partial charge in [-0.1, -0.05) is 11.6 Å². The molecule has 24 heavy (non-hydrogen) atoms. The summed E-state index contributed by atoms with van der Waals surface area (Å²) in [4.78, 5) is 7.88. The van der Waals surface area contributed by atoms with Crippen LogP contribution in [0, 0.1) is 0 Å². The Labute approximate surface area is 145 Å². The molecule has 2 rings (SSSR count). The second kappa shape index (κ2) is 7.78. The summed E-state index contributed by atoms with van der Waals surface area (Å²) in [5.74, 6) is 1.01. The third-order valence-corrected chi connectivity index (χ3v) is 3.99. The molecule has 0 spiro atoms. The van der Waals surface area contributed by atoms with Crippen molar-refractivity contribution in [3.05, 3.63) is 35.6 Å². The molecule has 0 amide bonds. The molecule has 1 atom stereocenters. The van der Waals surface area contributed by atoms with Gasteiger partial charge in [-0.25, -0.2) is 18.4 Å². The molecule has 9 heteroatoms. The van der Waals surface area contributed by atoms with Crippen LogP contribution in [0.15, 0.2) is 35.5 Å². The molecule has 2 aromatic heterocycles. The van der Waals surface area contributed by atoms with E-state index in [1.54, 1.807) is 19.2 Å². The molecule has 0 fully saturated rings. The summed E-state index contributed by atoms with van der Waals surface area (Å²) in [6, 6.07) is 5.97. The van der Waals surface area contributed by atoms with Crippen LogP contribution in [-0.4, -0.2) is 44.5 Å². The second-order valence-corrected chi connectivity index (χ2v) is 7.40. The molecular formula is C15H17ClN2O5S. The lowest BCUT2D eigenvalue weighted by atomic mass is 10.4. The Bertz CT molecular complexity index is 796. The molecule has 0 unspecified atom stereocenters. The van der Waals surface area contributed by atoms with Crippen molar-refractivity contribution in [1.82, 2.24) is 9.97 Å². The van der Waals surface area contributed by atoms with Crippen LogP contribution < -0.4 is 9.47 Å². The van der Waals surface area contributed by atoms with Gasteiger partial charge in [0.05, 0.1) is 12.8 Å². The molecule has 7 nitrogen and oxygen atoms in total. The number of aromatic nitrogens is 2. The van der Waals surface area contributed by atoms with Crippen LogP contribution in [0.5, 0.6) is 17.4 Å². The molecule has 0 bridgehead atoms. The fourth-order valence-electron chi connectivity index (χ4n) is 1.84. The Balaban J connectivity index is 2.16. The minimum absolute atomic E-state index is 0.0358. The van der Waals surface area contributed by atoms with Gasteiger partial charge in [-0.15, -0.1) is 0 Å². The zero-order valence-electron chi connectivity index (χ0n) is 13.4. The summed E-state index contributed by atoms with van der Waals surface area (Å²) in [6.07, 6.45) is 2.21. The Morgan fingerprint density at radius 2 is 2.00 bits per heavy atom. The van der Waals surface area contributed by atoms with Crippen LogP contribution in [-0.2, 0) is 14.6 Å². The van der Waals surface area contributed by atoms with Gasteiger partial charge in [0.1, 0.15) is 22.8 Å². The molecule has 0 aliphatic heterocycles. The fourth-order valence-corrected chi connectivity index (χ4v) is 2.59. The van der Waals surface area contributed by atoms with Gasteiger partial charge in [0.15, 0.2) is 14.9 Å². The van der Waals surface area contributed by atoms with Crippen molar-refractivity contribution < 1.29 is 22.6 Å². The molecule has 0 saturated heterocycles. The summed E-state index contributed by atoms with van der Waals surface area (Å²) in [7, 11) is -1.78. The largest absolute Gasteiger partial charge is 0.488 e. The molecule has 0 aliphatic carbocycles. The normalized spacial score (nSPS) is 12.7. The van der Waals surface area contributed by atoms with Gasteiger partial charge in [-0.3, -0.25) is 0 Å². The van der Waals surface area contributed by atoms with E-state index in [2.05, 4.69) is 9.97 Å². The van der Waals surface area contributed by atoms with Gasteiger partial charge < -0.3 is 14.2 Å². The summed E-state index contributed by atoms with van der Waals surface area (Å²) in [6.45, 7) is 2.28. The maximum atomic E-state index is 11.4. The maximum Gasteiger partial charge on any atom is 0.224 e. The van der Waals surface area contributed by atoms with E-state index in [9.17, 15) is 8.42 Å². The summed E-state index contributed by atoms with van der Waals surface area (Å²) < 4.78 is 39.0. The van der Waals surface area contributed by atoms with Gasteiger partial charge in [-0.05, 0) is 19.1 Å². The van der Waals surface area contributed by atoms with Gasteiger partial charge in [0.25, 0.3) is 0 Å². The number of hydrogen-bond donors (Lipinski definition) is 0. The molecular weight excluding hydrogens is 356 g/mol. The molecule has 0 N–H and O–H groups in total. The average Bonchev–Trinajstić information content (AvgIpc) is 2.46. The van der Waals surface area contributed by atoms with Crippen molar-refractivity contribution in [2.24, 2.45) is 0 Å². The average molecular weight is 373 g/mol. The first-order chi connectivity index (χ1) is 11.3. The van der Waals surface area contributed by atoms with Crippen LogP contribution in [0.3, 0.4) is 0 Å². The first kappa shape index (κ1) is 18.4. The molecule has 130 valence electrons. The number of nitrogens with zero attached hydrogens (tertiary/aromatic N) is 2. The summed E-state index contributed by atoms with van der Waals surface area (Å²) in [5, 5.41) is 0.166. The van der Waals surface area contributed by atoms with Crippen LogP contribution in [0.1, 0.15) is 6.92 Å². The lowest BCUT2D eigenvalue weighted by Gasteiger charge is -2.14. The third kappa shape index (κ3) is 5.33. The van der Waals surface area contributed by atoms with Crippen molar-refractivity contribution in [1.29, 1.82) is 0 Å². The van der Waals surface area contributed by atoms with Crippen molar-refractivity contribution in [2.45, 2.75) is 18.1 Å². The molecule has 0 aromatic carbocycles. The van der Waals surface area contributed by atoms with E-state index in [4.69, 9.17) is 25.8 Å². The Morgan fingerprint density at radius 3 is 2.58 bits per heavy atom. The highest BCUT2D eigenvalue weighted by Gasteiger charge is 2.11. The Kier molecular flexibility index (Phi) is 5.98. The van der Waals surface area contributed by atoms with E-state index in [1.807, 2.05) is 6.92 Å². The zero-order chi connectivity index (χ0) is 17.7. The van der Waals surface area contributed by atoms with Crippen LogP contribution in [0.25, 0.3) is 0 Å². The molecule has 0 aliphatic rings. The lowest BCUT2D eigenvalue weighted by Crippen LogP contribution is -2.18. The van der Waals surface area contributed by atoms with Crippen LogP contribution >= 0.6 is 11.6 Å². The van der Waals surface area contributed by atoms with E-state index in [0.29, 0.717) is 18.1 Å². The predicted molar refractivity (Wildman–Crippen MR) is 88.6 cm³/mol. The van der Waals surface area contributed by atoms with Gasteiger partial charge in [0.2, 0.25) is 5.88 Å². The fraction of sp³-hybridized carbons (Fsp3) is 0.333. The van der Waals surface area contributed by atoms with Crippen molar-refractivity contribution in [3.8, 4) is 17.4 Å². The SMILES string of the molecule is COC[C@H](C)Oc1cc(Cl)nc(Oc2ccc(S(C)(=O)=O)nc2)c1. The monoisotopic (exact) mass is 372 g/mol. The maximum absolute atomic E-state index is 11.4. The minimum Gasteiger partial charge on any atom is -0.488 e. The van der Waals surface area contributed by atoms with Crippen molar-refractivity contribution in [3.63, 3.8) is 0 Å². The molecule has 0 saturated carbocycles. The standard InChI is InChI=1S/C15H17ClN2O5S/c1-10(9-21-2)22-12-6-13(16)18-14(7-12)23-11-4-5-15(17-8-11)24(3,19)20/h4-8,10H,9H2,1-3H3/t10-/m0/s1. The van der Waals surface area contributed by atoms with Gasteiger partial charge >= 0.3 is 0 Å². The topological polar surface area (TPSA) is 87.6 Å². The number of methoxy groups -OCH3 is 1. The van der Waals surface area contributed by atoms with Crippen LogP contribution in [0.4, 0.5) is 0 Å². The number of sulfone groups is 1. The highest BCUT2D eigenvalue weighted by molar-refractivity contribution is 7.90. The minimum atomic E-state index is -3.36. The third-order valence-electron chi connectivity index (χ3n) is 2.79. The highest BCUT2D eigenvalue weighted by Crippen LogP contribution is 2.27. The first-order valence-corrected chi connectivity index (χ1v) is 9.22. The highest BCUT2D eigenvalue weighted by atomic mass is 35.5. The summed E-state index contributed by atoms with van der Waals surface area (Å²) >= 11 is 5.96. The quantitative estimate of drug-likeness (QED) is 0.690. The molecule has 2 heterocycles. The number of rotatable bonds is 7. The first-order valence-electron chi connectivity index (χ1n) is 6.95. The van der Waals surface area contributed by atoms with E-state index < -0.39 is 9.84 Å². The van der Waals surface area contributed by atoms with Gasteiger partial charge in [-0.2, -0.15) is 0 Å². The van der Waals surface area contributed by atoms with Crippen molar-refractivity contribution >= 4 is 21.4 Å². The number of pyridine rings is 2. The Morgan fingerprint density at radius 1 is 1.25 bits per heavy atom. The zero-order valence-corrected chi connectivity index (χ0v) is 15.0. The summed E-state index contributed by atoms with van der Waals surface area (Å²) in [5.41, 5.74) is 0. The lowest BCUT2D eigenvalue weighted by molar-refractivity contribution is 0.0919.